The van der Waals surface area contributed by atoms with Gasteiger partial charge in [-0.05, 0) is 12.3 Å². The van der Waals surface area contributed by atoms with Crippen LogP contribution in [-0.2, 0) is 0 Å². The molecule has 1 amide bonds. The predicted molar refractivity (Wildman–Crippen MR) is 57.0 cm³/mol. The Kier molecular flexibility index (Phi) is 4.15. The topological polar surface area (TPSA) is 56.2 Å². The average Bonchev–Trinajstić information content (AvgIpc) is 2.64. The van der Waals surface area contributed by atoms with Gasteiger partial charge in [0.05, 0.1) is 7.11 Å². The van der Waals surface area contributed by atoms with Gasteiger partial charge in [-0.25, -0.2) is 14.3 Å². The highest BCUT2D eigenvalue weighted by molar-refractivity contribution is 5.77. The number of aromatic nitrogens is 2. The molecule has 1 aromatic heterocycles. The van der Waals surface area contributed by atoms with Crippen LogP contribution in [0.4, 0.5) is 4.79 Å². The Morgan fingerprint density at radius 3 is 3.00 bits per heavy atom. The lowest BCUT2D eigenvalue weighted by atomic mass is 10.1. The van der Waals surface area contributed by atoms with E-state index in [0.29, 0.717) is 18.5 Å². The van der Waals surface area contributed by atoms with E-state index in [4.69, 9.17) is 4.74 Å². The number of nitrogens with one attached hydrogen (secondary N) is 1. The van der Waals surface area contributed by atoms with E-state index in [-0.39, 0.29) is 6.03 Å². The molecule has 15 heavy (non-hydrogen) atoms. The number of methoxy groups -OCH3 is 1. The molecule has 0 saturated carbocycles. The van der Waals surface area contributed by atoms with Crippen LogP contribution in [0.25, 0.3) is 0 Å². The molecule has 1 aromatic rings. The van der Waals surface area contributed by atoms with Crippen LogP contribution in [0.1, 0.15) is 20.3 Å². The molecule has 1 rings (SSSR count). The van der Waals surface area contributed by atoms with Crippen LogP contribution in [0.3, 0.4) is 0 Å². The zero-order chi connectivity index (χ0) is 11.3. The molecular formula is C10H17N3O2. The highest BCUT2D eigenvalue weighted by Crippen LogP contribution is 2.05. The van der Waals surface area contributed by atoms with Crippen molar-refractivity contribution >= 4 is 6.03 Å². The summed E-state index contributed by atoms with van der Waals surface area (Å²) in [5.41, 5.74) is 0. The molecule has 0 spiro atoms. The van der Waals surface area contributed by atoms with Gasteiger partial charge in [-0.2, -0.15) is 0 Å². The number of hydrogen-bond donors (Lipinski definition) is 1. The highest BCUT2D eigenvalue weighted by atomic mass is 16.5. The summed E-state index contributed by atoms with van der Waals surface area (Å²) in [6.07, 6.45) is 4.06. The van der Waals surface area contributed by atoms with Crippen LogP contribution in [-0.4, -0.2) is 29.2 Å². The Balaban J connectivity index is 2.47. The second kappa shape index (κ2) is 5.38. The van der Waals surface area contributed by atoms with Crippen molar-refractivity contribution in [3.05, 3.63) is 12.4 Å². The second-order valence-corrected chi connectivity index (χ2v) is 3.70. The normalized spacial score (nSPS) is 10.4. The van der Waals surface area contributed by atoms with Gasteiger partial charge < -0.3 is 10.1 Å². The first-order valence-corrected chi connectivity index (χ1v) is 5.00. The molecule has 0 aliphatic rings. The van der Waals surface area contributed by atoms with Crippen molar-refractivity contribution < 1.29 is 9.53 Å². The number of carbonyl (C=O) groups is 1. The van der Waals surface area contributed by atoms with Crippen LogP contribution in [0, 0.1) is 5.92 Å². The maximum atomic E-state index is 11.6. The summed E-state index contributed by atoms with van der Waals surface area (Å²) < 4.78 is 6.27. The fraction of sp³-hybridized carbons (Fsp3) is 0.600. The number of amides is 1. The van der Waals surface area contributed by atoms with Crippen molar-refractivity contribution in [3.8, 4) is 6.01 Å². The molecule has 1 heterocycles. The Hall–Kier alpha value is -1.52. The lowest BCUT2D eigenvalue weighted by Crippen LogP contribution is -2.29. The Morgan fingerprint density at radius 1 is 1.67 bits per heavy atom. The van der Waals surface area contributed by atoms with Crippen LogP contribution in [0.5, 0.6) is 6.01 Å². The molecule has 84 valence electrons. The van der Waals surface area contributed by atoms with E-state index in [2.05, 4.69) is 24.1 Å². The summed E-state index contributed by atoms with van der Waals surface area (Å²) in [6, 6.07) is 0.0991. The van der Waals surface area contributed by atoms with Gasteiger partial charge in [0.2, 0.25) is 0 Å². The molecule has 0 unspecified atom stereocenters. The molecule has 0 fully saturated rings. The summed E-state index contributed by atoms with van der Waals surface area (Å²) >= 11 is 0. The zero-order valence-corrected chi connectivity index (χ0v) is 9.36. The molecule has 0 radical (unpaired) electrons. The zero-order valence-electron chi connectivity index (χ0n) is 9.36. The van der Waals surface area contributed by atoms with Gasteiger partial charge in [-0.3, -0.25) is 0 Å². The van der Waals surface area contributed by atoms with Crippen molar-refractivity contribution in [1.82, 2.24) is 14.9 Å². The molecule has 0 bridgehead atoms. The first-order chi connectivity index (χ1) is 7.15. The van der Waals surface area contributed by atoms with Crippen LogP contribution >= 0.6 is 0 Å². The Labute approximate surface area is 89.4 Å². The lowest BCUT2D eigenvalue weighted by molar-refractivity contribution is 0.237. The maximum Gasteiger partial charge on any atom is 0.329 e. The number of hydrogen-bond acceptors (Lipinski definition) is 3. The van der Waals surface area contributed by atoms with Gasteiger partial charge in [0.1, 0.15) is 0 Å². The molecule has 0 saturated heterocycles. The van der Waals surface area contributed by atoms with E-state index in [0.717, 1.165) is 6.42 Å². The van der Waals surface area contributed by atoms with E-state index in [1.54, 1.807) is 6.20 Å². The smallest absolute Gasteiger partial charge is 0.329 e. The Bertz CT molecular complexity index is 320. The molecule has 0 atom stereocenters. The third-order valence-electron chi connectivity index (χ3n) is 2.01. The average molecular weight is 211 g/mol. The minimum Gasteiger partial charge on any atom is -0.468 e. The van der Waals surface area contributed by atoms with E-state index >= 15 is 0 Å². The summed E-state index contributed by atoms with van der Waals surface area (Å²) in [4.78, 5) is 15.5. The molecule has 0 aliphatic carbocycles. The van der Waals surface area contributed by atoms with Crippen LogP contribution in [0.15, 0.2) is 12.4 Å². The molecule has 5 nitrogen and oxygen atoms in total. The molecular weight excluding hydrogens is 194 g/mol. The van der Waals surface area contributed by atoms with Gasteiger partial charge >= 0.3 is 12.0 Å². The van der Waals surface area contributed by atoms with Gasteiger partial charge in [-0.1, -0.05) is 13.8 Å². The summed E-state index contributed by atoms with van der Waals surface area (Å²) in [6.45, 7) is 4.89. The Morgan fingerprint density at radius 2 is 2.40 bits per heavy atom. The second-order valence-electron chi connectivity index (χ2n) is 3.70. The summed E-state index contributed by atoms with van der Waals surface area (Å²) in [5.74, 6) is 0.579. The molecule has 1 N–H and O–H groups in total. The van der Waals surface area contributed by atoms with E-state index < -0.39 is 0 Å². The maximum absolute atomic E-state index is 11.6. The predicted octanol–water partition coefficient (Wildman–Crippen LogP) is 1.50. The largest absolute Gasteiger partial charge is 0.468 e. The third-order valence-corrected chi connectivity index (χ3v) is 2.01. The van der Waals surface area contributed by atoms with Gasteiger partial charge in [0.25, 0.3) is 0 Å². The van der Waals surface area contributed by atoms with E-state index in [1.807, 2.05) is 0 Å². The minimum atomic E-state index is -0.204. The van der Waals surface area contributed by atoms with Crippen molar-refractivity contribution in [1.29, 1.82) is 0 Å². The fourth-order valence-corrected chi connectivity index (χ4v) is 1.15. The van der Waals surface area contributed by atoms with Crippen LogP contribution in [0.2, 0.25) is 0 Å². The van der Waals surface area contributed by atoms with Crippen molar-refractivity contribution in [3.63, 3.8) is 0 Å². The van der Waals surface area contributed by atoms with E-state index in [1.165, 1.54) is 17.9 Å². The summed E-state index contributed by atoms with van der Waals surface area (Å²) in [5, 5.41) is 2.80. The SMILES string of the molecule is COc1nccn1C(=O)NCCC(C)C. The van der Waals surface area contributed by atoms with E-state index in [9.17, 15) is 4.79 Å². The molecule has 0 aromatic carbocycles. The number of ether oxygens (including phenoxy) is 1. The minimum absolute atomic E-state index is 0.204. The quantitative estimate of drug-likeness (QED) is 0.821. The van der Waals surface area contributed by atoms with Crippen molar-refractivity contribution in [2.75, 3.05) is 13.7 Å². The lowest BCUT2D eigenvalue weighted by Gasteiger charge is -2.08. The van der Waals surface area contributed by atoms with Crippen LogP contribution < -0.4 is 10.1 Å². The monoisotopic (exact) mass is 211 g/mol. The van der Waals surface area contributed by atoms with Gasteiger partial charge in [0.15, 0.2) is 0 Å². The van der Waals surface area contributed by atoms with Crippen molar-refractivity contribution in [2.45, 2.75) is 20.3 Å². The molecule has 5 heteroatoms. The highest BCUT2D eigenvalue weighted by Gasteiger charge is 2.09. The summed E-state index contributed by atoms with van der Waals surface area (Å²) in [7, 11) is 1.49. The number of imidazole rings is 1. The number of carbonyl (C=O) groups excluding carboxylic acids is 1. The first kappa shape index (κ1) is 11.6. The molecule has 0 aliphatic heterocycles. The first-order valence-electron chi connectivity index (χ1n) is 5.00. The van der Waals surface area contributed by atoms with Gasteiger partial charge in [-0.15, -0.1) is 0 Å². The fourth-order valence-electron chi connectivity index (χ4n) is 1.15. The third kappa shape index (κ3) is 3.27. The number of nitrogens with zero attached hydrogens (tertiary/aromatic N) is 2. The standard InChI is InChI=1S/C10H17N3O2/c1-8(2)4-5-11-9(14)13-7-6-12-10(13)15-3/h6-8H,4-5H2,1-3H3,(H,11,14). The van der Waals surface area contributed by atoms with Gasteiger partial charge in [0, 0.05) is 18.9 Å². The van der Waals surface area contributed by atoms with Crippen molar-refractivity contribution in [2.24, 2.45) is 5.92 Å². The number of rotatable bonds is 4.